The van der Waals surface area contributed by atoms with E-state index in [9.17, 15) is 9.59 Å². The molecule has 0 radical (unpaired) electrons. The number of likely N-dealkylation sites (tertiary alicyclic amines) is 1. The fourth-order valence-electron chi connectivity index (χ4n) is 3.91. The number of benzene rings is 1. The maximum absolute atomic E-state index is 12.6. The van der Waals surface area contributed by atoms with Crippen LogP contribution in [0.15, 0.2) is 18.2 Å². The molecule has 3 amide bonds. The van der Waals surface area contributed by atoms with Crippen molar-refractivity contribution in [1.29, 1.82) is 0 Å². The Balaban J connectivity index is 1.41. The third-order valence-electron chi connectivity index (χ3n) is 5.35. The predicted octanol–water partition coefficient (Wildman–Crippen LogP) is 2.15. The van der Waals surface area contributed by atoms with Crippen LogP contribution >= 0.6 is 0 Å². The van der Waals surface area contributed by atoms with Crippen LogP contribution in [0.4, 0.5) is 10.5 Å². The van der Waals surface area contributed by atoms with Gasteiger partial charge in [0.25, 0.3) is 0 Å². The van der Waals surface area contributed by atoms with E-state index in [2.05, 4.69) is 12.2 Å². The monoisotopic (exact) mass is 359 g/mol. The largest absolute Gasteiger partial charge is 0.486 e. The van der Waals surface area contributed by atoms with Crippen LogP contribution in [0.25, 0.3) is 0 Å². The molecular weight excluding hydrogens is 334 g/mol. The lowest BCUT2D eigenvalue weighted by Crippen LogP contribution is -2.50. The topological polar surface area (TPSA) is 71.1 Å². The van der Waals surface area contributed by atoms with Gasteiger partial charge in [0.1, 0.15) is 13.2 Å². The summed E-state index contributed by atoms with van der Waals surface area (Å²) in [6, 6.07) is 5.57. The lowest BCUT2D eigenvalue weighted by molar-refractivity contribution is -0.117. The van der Waals surface area contributed by atoms with Crippen molar-refractivity contribution in [3.63, 3.8) is 0 Å². The highest BCUT2D eigenvalue weighted by Gasteiger charge is 2.34. The lowest BCUT2D eigenvalue weighted by Gasteiger charge is -2.34. The Morgan fingerprint density at radius 1 is 1.19 bits per heavy atom. The molecule has 3 aliphatic heterocycles. The number of hydrogen-bond acceptors (Lipinski definition) is 4. The fraction of sp³-hybridized carbons (Fsp3) is 0.579. The molecule has 7 heteroatoms. The molecule has 1 aromatic rings. The van der Waals surface area contributed by atoms with Gasteiger partial charge >= 0.3 is 6.03 Å². The average Bonchev–Trinajstić information content (AvgIpc) is 3.01. The van der Waals surface area contributed by atoms with Gasteiger partial charge in [-0.25, -0.2) is 4.79 Å². The molecule has 2 saturated heterocycles. The Morgan fingerprint density at radius 3 is 2.81 bits per heavy atom. The highest BCUT2D eigenvalue weighted by Crippen LogP contribution is 2.35. The van der Waals surface area contributed by atoms with Crippen LogP contribution in [-0.2, 0) is 4.79 Å². The second-order valence-electron chi connectivity index (χ2n) is 7.22. The predicted molar refractivity (Wildman–Crippen MR) is 96.7 cm³/mol. The Hall–Kier alpha value is -2.44. The van der Waals surface area contributed by atoms with Gasteiger partial charge in [-0.05, 0) is 38.3 Å². The number of carbonyl (C=O) groups is 2. The Labute approximate surface area is 153 Å². The number of nitrogens with one attached hydrogen (secondary N) is 1. The van der Waals surface area contributed by atoms with Gasteiger partial charge in [-0.1, -0.05) is 0 Å². The summed E-state index contributed by atoms with van der Waals surface area (Å²) >= 11 is 0. The van der Waals surface area contributed by atoms with Crippen molar-refractivity contribution >= 4 is 17.6 Å². The van der Waals surface area contributed by atoms with E-state index in [0.717, 1.165) is 25.1 Å². The van der Waals surface area contributed by atoms with Crippen LogP contribution < -0.4 is 19.7 Å². The van der Waals surface area contributed by atoms with Gasteiger partial charge < -0.3 is 24.6 Å². The molecule has 0 bridgehead atoms. The maximum atomic E-state index is 12.6. The summed E-state index contributed by atoms with van der Waals surface area (Å²) in [6.45, 7) is 4.40. The summed E-state index contributed by atoms with van der Waals surface area (Å²) < 4.78 is 11.1. The Bertz CT molecular complexity index is 708. The summed E-state index contributed by atoms with van der Waals surface area (Å²) in [5, 5.41) is 3.04. The van der Waals surface area contributed by atoms with E-state index in [1.54, 1.807) is 4.90 Å². The van der Waals surface area contributed by atoms with Gasteiger partial charge in [0.2, 0.25) is 5.91 Å². The molecule has 4 rings (SSSR count). The molecule has 7 nitrogen and oxygen atoms in total. The molecule has 26 heavy (non-hydrogen) atoms. The first-order chi connectivity index (χ1) is 12.6. The highest BCUT2D eigenvalue weighted by atomic mass is 16.6. The molecule has 0 unspecified atom stereocenters. The van der Waals surface area contributed by atoms with E-state index >= 15 is 0 Å². The molecule has 1 aromatic carbocycles. The molecule has 0 aliphatic carbocycles. The molecule has 1 N–H and O–H groups in total. The van der Waals surface area contributed by atoms with Gasteiger partial charge in [-0.15, -0.1) is 0 Å². The number of hydrogen-bond donors (Lipinski definition) is 1. The van der Waals surface area contributed by atoms with Crippen LogP contribution in [0.1, 0.15) is 32.6 Å². The molecule has 2 atom stereocenters. The number of rotatable bonds is 2. The van der Waals surface area contributed by atoms with Crippen molar-refractivity contribution in [2.75, 3.05) is 31.2 Å². The van der Waals surface area contributed by atoms with Crippen molar-refractivity contribution in [3.8, 4) is 11.5 Å². The summed E-state index contributed by atoms with van der Waals surface area (Å²) in [6.07, 6.45) is 3.58. The zero-order chi connectivity index (χ0) is 18.1. The highest BCUT2D eigenvalue weighted by molar-refractivity contribution is 5.97. The molecule has 0 saturated carbocycles. The number of amides is 3. The average molecular weight is 359 g/mol. The van der Waals surface area contributed by atoms with Crippen molar-refractivity contribution in [2.45, 2.75) is 44.7 Å². The minimum atomic E-state index is -0.169. The first-order valence-corrected chi connectivity index (χ1v) is 9.39. The van der Waals surface area contributed by atoms with Crippen LogP contribution in [-0.4, -0.2) is 55.2 Å². The molecule has 0 spiro atoms. The van der Waals surface area contributed by atoms with E-state index in [0.29, 0.717) is 37.7 Å². The molecular formula is C19H25N3O4. The van der Waals surface area contributed by atoms with Crippen LogP contribution in [0.5, 0.6) is 11.5 Å². The molecule has 3 heterocycles. The Morgan fingerprint density at radius 2 is 2.00 bits per heavy atom. The fourth-order valence-corrected chi connectivity index (χ4v) is 3.91. The zero-order valence-corrected chi connectivity index (χ0v) is 15.1. The normalized spacial score (nSPS) is 25.3. The summed E-state index contributed by atoms with van der Waals surface area (Å²) in [5.74, 6) is 1.38. The molecule has 140 valence electrons. The van der Waals surface area contributed by atoms with Crippen LogP contribution in [0.3, 0.4) is 0 Å². The number of ether oxygens (including phenoxy) is 2. The first kappa shape index (κ1) is 17.0. The summed E-state index contributed by atoms with van der Waals surface area (Å²) in [4.78, 5) is 28.6. The minimum absolute atomic E-state index is 0.0127. The van der Waals surface area contributed by atoms with Gasteiger partial charge in [0.05, 0.1) is 6.04 Å². The number of carbonyl (C=O) groups excluding carboxylic acids is 2. The smallest absolute Gasteiger partial charge is 0.317 e. The standard InChI is InChI=1S/C19H25N3O4/c1-13-4-2-3-7-21(13)19(24)20-14-10-18(23)22(12-14)15-5-6-16-17(11-15)26-9-8-25-16/h5-6,11,13-14H,2-4,7-10,12H2,1H3,(H,20,24)/t13-,14+/m1/s1. The number of nitrogens with zero attached hydrogens (tertiary/aromatic N) is 2. The first-order valence-electron chi connectivity index (χ1n) is 9.39. The lowest BCUT2D eigenvalue weighted by atomic mass is 10.0. The van der Waals surface area contributed by atoms with E-state index < -0.39 is 0 Å². The number of piperidine rings is 1. The SMILES string of the molecule is C[C@@H]1CCCCN1C(=O)N[C@H]1CC(=O)N(c2ccc3c(c2)OCCO3)C1. The molecule has 2 fully saturated rings. The third-order valence-corrected chi connectivity index (χ3v) is 5.35. The van der Waals surface area contributed by atoms with Crippen LogP contribution in [0, 0.1) is 0 Å². The zero-order valence-electron chi connectivity index (χ0n) is 15.1. The van der Waals surface area contributed by atoms with Gasteiger partial charge in [-0.3, -0.25) is 4.79 Å². The molecule has 0 aromatic heterocycles. The number of fused-ring (bicyclic) bond motifs is 1. The van der Waals surface area contributed by atoms with Crippen LogP contribution in [0.2, 0.25) is 0 Å². The second-order valence-corrected chi connectivity index (χ2v) is 7.22. The van der Waals surface area contributed by atoms with Gasteiger partial charge in [-0.2, -0.15) is 0 Å². The number of urea groups is 1. The third kappa shape index (κ3) is 3.30. The van der Waals surface area contributed by atoms with Crippen molar-refractivity contribution in [2.24, 2.45) is 0 Å². The van der Waals surface area contributed by atoms with E-state index in [1.165, 1.54) is 6.42 Å². The van der Waals surface area contributed by atoms with Gasteiger partial charge in [0.15, 0.2) is 11.5 Å². The maximum Gasteiger partial charge on any atom is 0.317 e. The van der Waals surface area contributed by atoms with Crippen molar-refractivity contribution < 1.29 is 19.1 Å². The summed E-state index contributed by atoms with van der Waals surface area (Å²) in [5.41, 5.74) is 0.780. The second kappa shape index (κ2) is 7.05. The minimum Gasteiger partial charge on any atom is -0.486 e. The summed E-state index contributed by atoms with van der Waals surface area (Å²) in [7, 11) is 0. The molecule has 3 aliphatic rings. The number of anilines is 1. The van der Waals surface area contributed by atoms with Gasteiger partial charge in [0, 0.05) is 37.3 Å². The van der Waals surface area contributed by atoms with Crippen molar-refractivity contribution in [1.82, 2.24) is 10.2 Å². The van der Waals surface area contributed by atoms with E-state index in [1.807, 2.05) is 23.1 Å². The van der Waals surface area contributed by atoms with Crippen molar-refractivity contribution in [3.05, 3.63) is 18.2 Å². The quantitative estimate of drug-likeness (QED) is 0.878. The van der Waals surface area contributed by atoms with E-state index in [4.69, 9.17) is 9.47 Å². The van der Waals surface area contributed by atoms with E-state index in [-0.39, 0.29) is 24.0 Å². The Kier molecular flexibility index (Phi) is 4.61.